The number of amides is 2. The lowest BCUT2D eigenvalue weighted by Gasteiger charge is -2.33. The fraction of sp³-hybridized carbons (Fsp3) is 0.625. The number of carbonyl (C=O) groups excluding carboxylic acids is 2. The molecule has 0 bridgehead atoms. The van der Waals surface area contributed by atoms with Crippen molar-refractivity contribution in [3.63, 3.8) is 0 Å². The molecule has 0 aliphatic carbocycles. The number of nitrogens with zero attached hydrogens (tertiary/aromatic N) is 1. The zero-order chi connectivity index (χ0) is 16.2. The third-order valence-electron chi connectivity index (χ3n) is 3.50. The summed E-state index contributed by atoms with van der Waals surface area (Å²) < 4.78 is 5.26. The molecule has 1 fully saturated rings. The predicted octanol–water partition coefficient (Wildman–Crippen LogP) is 2.81. The van der Waals surface area contributed by atoms with Crippen LogP contribution in [0.25, 0.3) is 0 Å². The van der Waals surface area contributed by atoms with Crippen molar-refractivity contribution in [3.05, 3.63) is 22.4 Å². The molecule has 1 N–H and O–H groups in total. The molecular weight excluding hydrogens is 300 g/mol. The summed E-state index contributed by atoms with van der Waals surface area (Å²) in [5.74, 6) is 0.161. The lowest BCUT2D eigenvalue weighted by Crippen LogP contribution is -2.47. The van der Waals surface area contributed by atoms with Gasteiger partial charge in [0, 0.05) is 19.1 Å². The van der Waals surface area contributed by atoms with Gasteiger partial charge in [0.05, 0.1) is 6.42 Å². The average molecular weight is 324 g/mol. The second-order valence-electron chi connectivity index (χ2n) is 6.61. The Morgan fingerprint density at radius 1 is 1.36 bits per heavy atom. The van der Waals surface area contributed by atoms with Gasteiger partial charge < -0.3 is 15.0 Å². The number of hydrogen-bond acceptors (Lipinski definition) is 4. The van der Waals surface area contributed by atoms with Gasteiger partial charge in [-0.15, -0.1) is 0 Å². The molecule has 1 aromatic rings. The zero-order valence-corrected chi connectivity index (χ0v) is 14.2. The second-order valence-corrected chi connectivity index (χ2v) is 7.39. The summed E-state index contributed by atoms with van der Waals surface area (Å²) in [6, 6.07) is 2.07. The van der Waals surface area contributed by atoms with E-state index in [1.165, 1.54) is 0 Å². The number of piperidine rings is 1. The van der Waals surface area contributed by atoms with Gasteiger partial charge in [-0.2, -0.15) is 11.3 Å². The summed E-state index contributed by atoms with van der Waals surface area (Å²) in [4.78, 5) is 25.8. The first-order valence-electron chi connectivity index (χ1n) is 7.62. The van der Waals surface area contributed by atoms with Gasteiger partial charge in [0.15, 0.2) is 0 Å². The second kappa shape index (κ2) is 7.13. The fourth-order valence-corrected chi connectivity index (χ4v) is 3.10. The van der Waals surface area contributed by atoms with Crippen molar-refractivity contribution in [3.8, 4) is 0 Å². The number of likely N-dealkylation sites (tertiary alicyclic amines) is 1. The molecular formula is C16H24N2O3S. The minimum absolute atomic E-state index is 0.0834. The number of nitrogens with one attached hydrogen (secondary N) is 1. The monoisotopic (exact) mass is 324 g/mol. The van der Waals surface area contributed by atoms with E-state index in [0.29, 0.717) is 19.5 Å². The van der Waals surface area contributed by atoms with E-state index in [1.54, 1.807) is 11.3 Å². The molecule has 5 nitrogen and oxygen atoms in total. The highest BCUT2D eigenvalue weighted by molar-refractivity contribution is 7.07. The van der Waals surface area contributed by atoms with Crippen LogP contribution < -0.4 is 5.32 Å². The van der Waals surface area contributed by atoms with E-state index in [9.17, 15) is 9.59 Å². The minimum atomic E-state index is -0.485. The molecule has 1 saturated heterocycles. The third-order valence-corrected chi connectivity index (χ3v) is 4.24. The Labute approximate surface area is 135 Å². The van der Waals surface area contributed by atoms with Crippen LogP contribution in [-0.2, 0) is 16.0 Å². The summed E-state index contributed by atoms with van der Waals surface area (Å²) >= 11 is 1.61. The van der Waals surface area contributed by atoms with E-state index in [1.807, 2.05) is 42.5 Å². The molecule has 0 atom stereocenters. The Kier molecular flexibility index (Phi) is 5.45. The minimum Gasteiger partial charge on any atom is -0.444 e. The van der Waals surface area contributed by atoms with Gasteiger partial charge in [0.2, 0.25) is 5.91 Å². The molecule has 0 radical (unpaired) electrons. The first-order valence-corrected chi connectivity index (χ1v) is 8.56. The molecule has 2 amide bonds. The predicted molar refractivity (Wildman–Crippen MR) is 87.0 cm³/mol. The van der Waals surface area contributed by atoms with Crippen molar-refractivity contribution in [1.29, 1.82) is 0 Å². The maximum atomic E-state index is 12.2. The lowest BCUT2D eigenvalue weighted by atomic mass is 10.0. The molecule has 1 aliphatic rings. The van der Waals surface area contributed by atoms with Crippen LogP contribution in [-0.4, -0.2) is 41.6 Å². The highest BCUT2D eigenvalue weighted by Crippen LogP contribution is 2.15. The van der Waals surface area contributed by atoms with Crippen LogP contribution in [0.15, 0.2) is 16.8 Å². The summed E-state index contributed by atoms with van der Waals surface area (Å²) in [6.45, 7) is 6.90. The number of ether oxygens (including phenoxy) is 1. The number of thiophene rings is 1. The molecule has 0 aromatic carbocycles. The molecule has 22 heavy (non-hydrogen) atoms. The van der Waals surface area contributed by atoms with Crippen molar-refractivity contribution in [1.82, 2.24) is 10.2 Å². The molecule has 1 aromatic heterocycles. The maximum Gasteiger partial charge on any atom is 0.407 e. The van der Waals surface area contributed by atoms with Crippen LogP contribution in [0.1, 0.15) is 39.2 Å². The van der Waals surface area contributed by atoms with E-state index < -0.39 is 5.60 Å². The fourth-order valence-electron chi connectivity index (χ4n) is 2.43. The smallest absolute Gasteiger partial charge is 0.407 e. The van der Waals surface area contributed by atoms with Gasteiger partial charge in [-0.1, -0.05) is 0 Å². The number of hydrogen-bond donors (Lipinski definition) is 1. The SMILES string of the molecule is CC(C)(C)OC(=O)NC1CCN(C(=O)Cc2ccsc2)CC1. The van der Waals surface area contributed by atoms with Crippen molar-refractivity contribution >= 4 is 23.3 Å². The van der Waals surface area contributed by atoms with Crippen LogP contribution in [0.5, 0.6) is 0 Å². The van der Waals surface area contributed by atoms with Crippen molar-refractivity contribution in [2.75, 3.05) is 13.1 Å². The number of carbonyl (C=O) groups is 2. The van der Waals surface area contributed by atoms with Crippen molar-refractivity contribution < 1.29 is 14.3 Å². The van der Waals surface area contributed by atoms with Crippen LogP contribution >= 0.6 is 11.3 Å². The van der Waals surface area contributed by atoms with Crippen molar-refractivity contribution in [2.45, 2.75) is 51.7 Å². The molecule has 0 spiro atoms. The first kappa shape index (κ1) is 16.8. The topological polar surface area (TPSA) is 58.6 Å². The van der Waals surface area contributed by atoms with E-state index in [4.69, 9.17) is 4.74 Å². The Morgan fingerprint density at radius 2 is 2.05 bits per heavy atom. The van der Waals surface area contributed by atoms with Crippen molar-refractivity contribution in [2.24, 2.45) is 0 Å². The molecule has 0 saturated carbocycles. The summed E-state index contributed by atoms with van der Waals surface area (Å²) in [6.07, 6.45) is 1.63. The zero-order valence-electron chi connectivity index (χ0n) is 13.4. The molecule has 6 heteroatoms. The Morgan fingerprint density at radius 3 is 2.59 bits per heavy atom. The van der Waals surface area contributed by atoms with Crippen LogP contribution in [0.3, 0.4) is 0 Å². The summed E-state index contributed by atoms with van der Waals surface area (Å²) in [5, 5.41) is 6.88. The van der Waals surface area contributed by atoms with E-state index in [-0.39, 0.29) is 18.0 Å². The van der Waals surface area contributed by atoms with Gasteiger partial charge in [-0.25, -0.2) is 4.79 Å². The van der Waals surface area contributed by atoms with Gasteiger partial charge in [-0.05, 0) is 56.0 Å². The Bertz CT molecular complexity index is 500. The highest BCUT2D eigenvalue weighted by Gasteiger charge is 2.25. The van der Waals surface area contributed by atoms with Crippen LogP contribution in [0.4, 0.5) is 4.79 Å². The molecule has 122 valence electrons. The standard InChI is InChI=1S/C16H24N2O3S/c1-16(2,3)21-15(20)17-13-4-7-18(8-5-13)14(19)10-12-6-9-22-11-12/h6,9,11,13H,4-5,7-8,10H2,1-3H3,(H,17,20). The molecule has 2 heterocycles. The third kappa shape index (κ3) is 5.33. The molecule has 0 unspecified atom stereocenters. The lowest BCUT2D eigenvalue weighted by molar-refractivity contribution is -0.131. The number of rotatable bonds is 3. The largest absolute Gasteiger partial charge is 0.444 e. The molecule has 2 rings (SSSR count). The Balaban J connectivity index is 1.73. The normalized spacial score (nSPS) is 16.4. The van der Waals surface area contributed by atoms with Crippen LogP contribution in [0, 0.1) is 0 Å². The van der Waals surface area contributed by atoms with Gasteiger partial charge in [-0.3, -0.25) is 4.79 Å². The van der Waals surface area contributed by atoms with Gasteiger partial charge >= 0.3 is 6.09 Å². The van der Waals surface area contributed by atoms with Crippen LogP contribution in [0.2, 0.25) is 0 Å². The van der Waals surface area contributed by atoms with Gasteiger partial charge in [0.1, 0.15) is 5.60 Å². The Hall–Kier alpha value is -1.56. The van der Waals surface area contributed by atoms with E-state index in [0.717, 1.165) is 18.4 Å². The highest BCUT2D eigenvalue weighted by atomic mass is 32.1. The number of alkyl carbamates (subject to hydrolysis) is 1. The average Bonchev–Trinajstić information content (AvgIpc) is 2.90. The maximum absolute atomic E-state index is 12.2. The molecule has 1 aliphatic heterocycles. The van der Waals surface area contributed by atoms with Gasteiger partial charge in [0.25, 0.3) is 0 Å². The first-order chi connectivity index (χ1) is 10.3. The van der Waals surface area contributed by atoms with E-state index >= 15 is 0 Å². The summed E-state index contributed by atoms with van der Waals surface area (Å²) in [5.41, 5.74) is 0.588. The quantitative estimate of drug-likeness (QED) is 0.930. The van der Waals surface area contributed by atoms with E-state index in [2.05, 4.69) is 5.32 Å². The summed E-state index contributed by atoms with van der Waals surface area (Å²) in [7, 11) is 0.